The van der Waals surface area contributed by atoms with Crippen molar-refractivity contribution in [3.05, 3.63) is 18.0 Å². The maximum atomic E-state index is 6.30. The number of ether oxygens (including phenoxy) is 1. The average molecular weight is 527 g/mol. The summed E-state index contributed by atoms with van der Waals surface area (Å²) in [7, 11) is 1.96. The fourth-order valence-corrected chi connectivity index (χ4v) is 10.7. The van der Waals surface area contributed by atoms with Crippen molar-refractivity contribution in [2.45, 2.75) is 145 Å². The lowest BCUT2D eigenvalue weighted by atomic mass is 9.48. The van der Waals surface area contributed by atoms with Gasteiger partial charge >= 0.3 is 0 Å². The van der Waals surface area contributed by atoms with E-state index in [0.717, 1.165) is 42.1 Å². The van der Waals surface area contributed by atoms with Crippen LogP contribution < -0.4 is 0 Å². The first-order valence-electron chi connectivity index (χ1n) is 16.9. The minimum absolute atomic E-state index is 0.271. The van der Waals surface area contributed by atoms with Crippen LogP contribution in [0.3, 0.4) is 0 Å². The molecule has 38 heavy (non-hydrogen) atoms. The minimum Gasteiger partial charge on any atom is -0.379 e. The number of rotatable bonds is 9. The Hall–Kier alpha value is -0.830. The van der Waals surface area contributed by atoms with E-state index in [1.54, 1.807) is 6.42 Å². The molecule has 4 saturated carbocycles. The summed E-state index contributed by atoms with van der Waals surface area (Å²) in [5, 5.41) is 4.73. The van der Waals surface area contributed by atoms with Crippen LogP contribution in [0.25, 0.3) is 0 Å². The summed E-state index contributed by atoms with van der Waals surface area (Å²) >= 11 is 0. The number of hydrogen-bond acceptors (Lipinski definition) is 2. The second-order valence-corrected chi connectivity index (χ2v) is 14.1. The van der Waals surface area contributed by atoms with Gasteiger partial charge in [0.1, 0.15) is 0 Å². The van der Waals surface area contributed by atoms with E-state index in [-0.39, 0.29) is 6.10 Å². The molecule has 0 amide bonds. The average Bonchev–Trinajstić information content (AvgIpc) is 3.41. The van der Waals surface area contributed by atoms with Crippen molar-refractivity contribution in [3.8, 4) is 0 Å². The van der Waals surface area contributed by atoms with E-state index >= 15 is 0 Å². The molecule has 0 aromatic carbocycles. The van der Waals surface area contributed by atoms with Gasteiger partial charge in [0, 0.05) is 13.3 Å². The zero-order valence-electron chi connectivity index (χ0n) is 26.6. The largest absolute Gasteiger partial charge is 0.379 e. The summed E-state index contributed by atoms with van der Waals surface area (Å²) in [6, 6.07) is 0. The zero-order valence-corrected chi connectivity index (χ0v) is 26.6. The maximum Gasteiger partial charge on any atom is 0.0800 e. The Bertz CT molecular complexity index is 877. The van der Waals surface area contributed by atoms with Crippen LogP contribution in [0.2, 0.25) is 0 Å². The lowest BCUT2D eigenvalue weighted by Gasteiger charge is -2.57. The smallest absolute Gasteiger partial charge is 0.0800 e. The lowest BCUT2D eigenvalue weighted by molar-refractivity contribution is -0.0971. The molecule has 0 saturated heterocycles. The van der Waals surface area contributed by atoms with Crippen molar-refractivity contribution in [2.75, 3.05) is 7.11 Å². The molecule has 4 fully saturated rings. The third-order valence-electron chi connectivity index (χ3n) is 12.6. The number of hydrogen-bond donors (Lipinski definition) is 0. The van der Waals surface area contributed by atoms with Gasteiger partial charge in [-0.3, -0.25) is 4.68 Å². The second-order valence-electron chi connectivity index (χ2n) is 14.1. The Morgan fingerprint density at radius 1 is 1.00 bits per heavy atom. The fourth-order valence-electron chi connectivity index (χ4n) is 10.7. The Morgan fingerprint density at radius 2 is 1.76 bits per heavy atom. The molecule has 218 valence electrons. The Labute approximate surface area is 236 Å². The first-order valence-corrected chi connectivity index (χ1v) is 16.9. The lowest BCUT2D eigenvalue weighted by Crippen LogP contribution is -2.51. The third-order valence-corrected chi connectivity index (χ3v) is 12.6. The van der Waals surface area contributed by atoms with Crippen LogP contribution in [-0.4, -0.2) is 23.0 Å². The van der Waals surface area contributed by atoms with Gasteiger partial charge in [0.05, 0.1) is 18.8 Å². The molecule has 0 spiro atoms. The molecule has 3 heteroatoms. The van der Waals surface area contributed by atoms with Crippen LogP contribution in [0.5, 0.6) is 0 Å². The highest BCUT2D eigenvalue weighted by atomic mass is 16.5. The van der Waals surface area contributed by atoms with Gasteiger partial charge in [-0.1, -0.05) is 68.2 Å². The topological polar surface area (TPSA) is 27.1 Å². The Morgan fingerprint density at radius 3 is 2.37 bits per heavy atom. The summed E-state index contributed by atoms with van der Waals surface area (Å²) in [4.78, 5) is 0. The summed E-state index contributed by atoms with van der Waals surface area (Å²) < 4.78 is 8.47. The molecule has 1 heterocycles. The van der Waals surface area contributed by atoms with Gasteiger partial charge in [0.25, 0.3) is 0 Å². The van der Waals surface area contributed by atoms with E-state index in [4.69, 9.17) is 9.84 Å². The predicted octanol–water partition coefficient (Wildman–Crippen LogP) is 9.76. The van der Waals surface area contributed by atoms with Gasteiger partial charge in [0.2, 0.25) is 0 Å². The predicted molar refractivity (Wildman–Crippen MR) is 161 cm³/mol. The first kappa shape index (κ1) is 30.1. The summed E-state index contributed by atoms with van der Waals surface area (Å²) in [5.41, 5.74) is 2.39. The second kappa shape index (κ2) is 12.4. The van der Waals surface area contributed by atoms with Crippen molar-refractivity contribution in [3.63, 3.8) is 0 Å². The Balaban J connectivity index is 0.00000164. The van der Waals surface area contributed by atoms with E-state index in [2.05, 4.69) is 58.6 Å². The van der Waals surface area contributed by atoms with Crippen LogP contribution >= 0.6 is 0 Å². The fraction of sp³-hybridized carbons (Fsp3) is 0.914. The molecule has 5 rings (SSSR count). The monoisotopic (exact) mass is 526 g/mol. The highest BCUT2D eigenvalue weighted by molar-refractivity contribution is 5.13. The van der Waals surface area contributed by atoms with Gasteiger partial charge < -0.3 is 4.74 Å². The molecular weight excluding hydrogens is 464 g/mol. The molecular formula is C35H62N2O. The summed E-state index contributed by atoms with van der Waals surface area (Å²) in [5.74, 6) is 7.05. The normalized spacial score (nSPS) is 40.7. The summed E-state index contributed by atoms with van der Waals surface area (Å²) in [6.07, 6.45) is 20.5. The molecule has 4 aliphatic carbocycles. The SMILES string of the molecule is CC.CCCC1(CC)C2CC2C(CC)CCC2C3CCC(C(Cn4cc(C(C)C)cn4)OC)C3(C)CCC21. The molecule has 10 atom stereocenters. The number of nitrogens with zero attached hydrogens (tertiary/aromatic N) is 2. The van der Waals surface area contributed by atoms with Gasteiger partial charge in [-0.05, 0) is 122 Å². The van der Waals surface area contributed by atoms with E-state index < -0.39 is 0 Å². The van der Waals surface area contributed by atoms with Crippen molar-refractivity contribution < 1.29 is 4.74 Å². The molecule has 10 unspecified atom stereocenters. The molecule has 1 aromatic rings. The van der Waals surface area contributed by atoms with Crippen LogP contribution in [0.4, 0.5) is 0 Å². The van der Waals surface area contributed by atoms with Gasteiger partial charge in [-0.25, -0.2) is 0 Å². The van der Waals surface area contributed by atoms with Crippen LogP contribution in [-0.2, 0) is 11.3 Å². The number of aromatic nitrogens is 2. The van der Waals surface area contributed by atoms with E-state index in [1.165, 1.54) is 69.8 Å². The molecule has 4 aliphatic rings. The van der Waals surface area contributed by atoms with Crippen LogP contribution in [0, 0.1) is 52.3 Å². The molecule has 3 nitrogen and oxygen atoms in total. The van der Waals surface area contributed by atoms with Crippen molar-refractivity contribution in [2.24, 2.45) is 52.3 Å². The number of fused-ring (bicyclic) bond motifs is 4. The standard InChI is InChI=1S/C33H56N2O.C2H6/c1-8-16-33(10-3)28-15-17-32(6)27(25(28)12-11-23(9-2)26-18-30(26)33)13-14-29(32)31(36-7)21-35-20-24(19-34-35)22(4)5;1-2/h19-20,22-23,25-31H,8-18,21H2,1-7H3;1-2H3. The van der Waals surface area contributed by atoms with Crippen molar-refractivity contribution >= 4 is 0 Å². The molecule has 1 aromatic heterocycles. The molecule has 0 aliphatic heterocycles. The zero-order chi connectivity index (χ0) is 27.7. The third kappa shape index (κ3) is 5.16. The maximum absolute atomic E-state index is 6.30. The molecule has 0 N–H and O–H groups in total. The number of methoxy groups -OCH3 is 1. The molecule has 0 bridgehead atoms. The highest BCUT2D eigenvalue weighted by Crippen LogP contribution is 2.71. The van der Waals surface area contributed by atoms with Crippen molar-refractivity contribution in [1.82, 2.24) is 9.78 Å². The van der Waals surface area contributed by atoms with Gasteiger partial charge in [-0.2, -0.15) is 5.10 Å². The first-order chi connectivity index (χ1) is 18.3. The summed E-state index contributed by atoms with van der Waals surface area (Å²) in [6.45, 7) is 19.6. The highest BCUT2D eigenvalue weighted by Gasteiger charge is 2.64. The van der Waals surface area contributed by atoms with E-state index in [0.29, 0.717) is 22.7 Å². The molecule has 0 radical (unpaired) electrons. The quantitative estimate of drug-likeness (QED) is 0.320. The van der Waals surface area contributed by atoms with Crippen LogP contribution in [0.15, 0.2) is 12.4 Å². The van der Waals surface area contributed by atoms with Gasteiger partial charge in [-0.15, -0.1) is 0 Å². The minimum atomic E-state index is 0.271. The van der Waals surface area contributed by atoms with E-state index in [9.17, 15) is 0 Å². The van der Waals surface area contributed by atoms with Gasteiger partial charge in [0.15, 0.2) is 0 Å². The van der Waals surface area contributed by atoms with E-state index in [1.807, 2.05) is 21.0 Å². The Kier molecular flexibility index (Phi) is 9.80. The van der Waals surface area contributed by atoms with Crippen LogP contribution in [0.1, 0.15) is 138 Å². The van der Waals surface area contributed by atoms with Crippen molar-refractivity contribution in [1.29, 1.82) is 0 Å².